The average Bonchev–Trinajstić information content (AvgIpc) is 2.48. The number of nitrogens with one attached hydrogen (secondary N) is 1. The summed E-state index contributed by atoms with van der Waals surface area (Å²) in [5.41, 5.74) is -0.286. The summed E-state index contributed by atoms with van der Waals surface area (Å²) in [4.78, 5) is 11.8. The van der Waals surface area contributed by atoms with E-state index >= 15 is 0 Å². The fourth-order valence-electron chi connectivity index (χ4n) is 1.85. The number of rotatable bonds is 8. The quantitative estimate of drug-likeness (QED) is 0.748. The minimum Gasteiger partial charge on any atom is -0.483 e. The summed E-state index contributed by atoms with van der Waals surface area (Å²) in [6, 6.07) is 4.00. The second-order valence-corrected chi connectivity index (χ2v) is 5.86. The van der Waals surface area contributed by atoms with Crippen LogP contribution in [0.15, 0.2) is 22.7 Å². The molecule has 0 aromatic heterocycles. The fraction of sp³-hybridized carbons (Fsp3) is 0.533. The van der Waals surface area contributed by atoms with Gasteiger partial charge in [0.25, 0.3) is 5.91 Å². The molecule has 0 radical (unpaired) electrons. The number of halogens is 2. The van der Waals surface area contributed by atoms with Gasteiger partial charge in [0.1, 0.15) is 11.6 Å². The van der Waals surface area contributed by atoms with Gasteiger partial charge in [-0.1, -0.05) is 13.8 Å². The molecule has 1 aromatic rings. The van der Waals surface area contributed by atoms with E-state index < -0.39 is 0 Å². The predicted molar refractivity (Wildman–Crippen MR) is 82.7 cm³/mol. The van der Waals surface area contributed by atoms with E-state index in [-0.39, 0.29) is 30.4 Å². The largest absolute Gasteiger partial charge is 0.483 e. The molecule has 0 aliphatic rings. The van der Waals surface area contributed by atoms with E-state index in [0.29, 0.717) is 16.8 Å². The molecule has 2 N–H and O–H groups in total. The second-order valence-electron chi connectivity index (χ2n) is 5.01. The summed E-state index contributed by atoms with van der Waals surface area (Å²) in [7, 11) is 0. The number of hydrogen-bond acceptors (Lipinski definition) is 3. The van der Waals surface area contributed by atoms with Crippen LogP contribution in [0.3, 0.4) is 0 Å². The third-order valence-corrected chi connectivity index (χ3v) is 4.37. The minimum atomic E-state index is -0.378. The summed E-state index contributed by atoms with van der Waals surface area (Å²) in [5.74, 6) is -0.241. The normalized spacial score (nSPS) is 11.3. The van der Waals surface area contributed by atoms with Crippen molar-refractivity contribution in [1.29, 1.82) is 0 Å². The molecule has 118 valence electrons. The Labute approximate surface area is 132 Å². The highest BCUT2D eigenvalue weighted by atomic mass is 79.9. The van der Waals surface area contributed by atoms with Crippen LogP contribution in [-0.2, 0) is 4.79 Å². The number of aliphatic hydroxyl groups is 1. The number of benzene rings is 1. The summed E-state index contributed by atoms with van der Waals surface area (Å²) >= 11 is 3.17. The number of hydrogen-bond donors (Lipinski definition) is 2. The summed E-state index contributed by atoms with van der Waals surface area (Å²) < 4.78 is 18.7. The first kappa shape index (κ1) is 17.9. The molecule has 6 heteroatoms. The van der Waals surface area contributed by atoms with Crippen LogP contribution in [0.4, 0.5) is 4.39 Å². The zero-order valence-corrected chi connectivity index (χ0v) is 13.9. The molecule has 0 saturated carbocycles. The van der Waals surface area contributed by atoms with Gasteiger partial charge in [-0.3, -0.25) is 4.79 Å². The van der Waals surface area contributed by atoms with Crippen LogP contribution in [0.25, 0.3) is 0 Å². The third-order valence-electron chi connectivity index (χ3n) is 3.75. The monoisotopic (exact) mass is 361 g/mol. The van der Waals surface area contributed by atoms with Gasteiger partial charge in [0, 0.05) is 12.0 Å². The molecule has 0 bridgehead atoms. The van der Waals surface area contributed by atoms with E-state index in [1.165, 1.54) is 18.2 Å². The third kappa shape index (κ3) is 5.28. The second kappa shape index (κ2) is 8.34. The van der Waals surface area contributed by atoms with E-state index in [4.69, 9.17) is 4.74 Å². The molecule has 0 aliphatic carbocycles. The molecule has 1 aromatic carbocycles. The highest BCUT2D eigenvalue weighted by molar-refractivity contribution is 9.10. The fourth-order valence-corrected chi connectivity index (χ4v) is 2.32. The zero-order valence-electron chi connectivity index (χ0n) is 12.3. The van der Waals surface area contributed by atoms with Gasteiger partial charge in [-0.25, -0.2) is 4.39 Å². The number of amides is 1. The Morgan fingerprint density at radius 1 is 1.43 bits per heavy atom. The first-order valence-electron chi connectivity index (χ1n) is 6.91. The number of carbonyl (C=O) groups is 1. The Bertz CT molecular complexity index is 470. The van der Waals surface area contributed by atoms with Crippen molar-refractivity contribution < 1.29 is 19.0 Å². The molecule has 0 atom stereocenters. The molecule has 4 nitrogen and oxygen atoms in total. The zero-order chi connectivity index (χ0) is 15.9. The van der Waals surface area contributed by atoms with Crippen LogP contribution in [0.5, 0.6) is 5.75 Å². The molecular weight excluding hydrogens is 341 g/mol. The van der Waals surface area contributed by atoms with Gasteiger partial charge in [-0.15, -0.1) is 0 Å². The lowest BCUT2D eigenvalue weighted by Gasteiger charge is -2.29. The lowest BCUT2D eigenvalue weighted by atomic mass is 9.83. The van der Waals surface area contributed by atoms with Crippen molar-refractivity contribution in [3.05, 3.63) is 28.5 Å². The van der Waals surface area contributed by atoms with Crippen LogP contribution >= 0.6 is 15.9 Å². The summed E-state index contributed by atoms with van der Waals surface area (Å²) in [5, 5.41) is 12.2. The lowest BCUT2D eigenvalue weighted by molar-refractivity contribution is -0.123. The maximum absolute atomic E-state index is 12.9. The van der Waals surface area contributed by atoms with Gasteiger partial charge in [0.15, 0.2) is 6.61 Å². The molecule has 1 rings (SSSR count). The van der Waals surface area contributed by atoms with Crippen molar-refractivity contribution >= 4 is 21.8 Å². The molecule has 21 heavy (non-hydrogen) atoms. The molecule has 0 unspecified atom stereocenters. The van der Waals surface area contributed by atoms with Crippen LogP contribution in [-0.4, -0.2) is 30.8 Å². The smallest absolute Gasteiger partial charge is 0.257 e. The molecule has 0 aliphatic heterocycles. The molecule has 0 heterocycles. The van der Waals surface area contributed by atoms with E-state index in [0.717, 1.165) is 12.8 Å². The van der Waals surface area contributed by atoms with Crippen molar-refractivity contribution in [2.24, 2.45) is 5.41 Å². The molecule has 0 fully saturated rings. The first-order chi connectivity index (χ1) is 9.96. The number of carbonyl (C=O) groups excluding carboxylic acids is 1. The van der Waals surface area contributed by atoms with Crippen molar-refractivity contribution in [1.82, 2.24) is 5.32 Å². The SMILES string of the molecule is CCC(CC)(CO)CNC(=O)COc1ccc(F)cc1Br. The van der Waals surface area contributed by atoms with Crippen molar-refractivity contribution in [3.63, 3.8) is 0 Å². The first-order valence-corrected chi connectivity index (χ1v) is 7.71. The van der Waals surface area contributed by atoms with E-state index in [1.807, 2.05) is 13.8 Å². The van der Waals surface area contributed by atoms with Crippen molar-refractivity contribution in [2.45, 2.75) is 26.7 Å². The Hall–Kier alpha value is -1.14. The lowest BCUT2D eigenvalue weighted by Crippen LogP contribution is -2.41. The van der Waals surface area contributed by atoms with Gasteiger partial charge in [-0.2, -0.15) is 0 Å². The Morgan fingerprint density at radius 2 is 2.10 bits per heavy atom. The molecule has 0 saturated heterocycles. The van der Waals surface area contributed by atoms with Crippen LogP contribution in [0.1, 0.15) is 26.7 Å². The van der Waals surface area contributed by atoms with Crippen molar-refractivity contribution in [3.8, 4) is 5.75 Å². The van der Waals surface area contributed by atoms with Crippen LogP contribution < -0.4 is 10.1 Å². The van der Waals surface area contributed by atoms with E-state index in [9.17, 15) is 14.3 Å². The van der Waals surface area contributed by atoms with Crippen LogP contribution in [0, 0.1) is 11.2 Å². The molecule has 1 amide bonds. The Morgan fingerprint density at radius 3 is 2.62 bits per heavy atom. The Balaban J connectivity index is 2.47. The number of ether oxygens (including phenoxy) is 1. The van der Waals surface area contributed by atoms with Gasteiger partial charge in [0.05, 0.1) is 11.1 Å². The predicted octanol–water partition coefficient (Wildman–Crippen LogP) is 2.88. The van der Waals surface area contributed by atoms with Crippen LogP contribution in [0.2, 0.25) is 0 Å². The van der Waals surface area contributed by atoms with Gasteiger partial charge >= 0.3 is 0 Å². The van der Waals surface area contributed by atoms with Gasteiger partial charge in [0.2, 0.25) is 0 Å². The Kier molecular flexibility index (Phi) is 7.11. The van der Waals surface area contributed by atoms with E-state index in [1.54, 1.807) is 0 Å². The standard InChI is InChI=1S/C15H21BrFNO3/c1-3-15(4-2,10-19)9-18-14(20)8-21-13-6-5-11(17)7-12(13)16/h5-7,19H,3-4,8-10H2,1-2H3,(H,18,20). The van der Waals surface area contributed by atoms with Crippen molar-refractivity contribution in [2.75, 3.05) is 19.8 Å². The summed E-state index contributed by atoms with van der Waals surface area (Å²) in [6.07, 6.45) is 1.56. The van der Waals surface area contributed by atoms with Gasteiger partial charge in [-0.05, 0) is 47.0 Å². The number of aliphatic hydroxyl groups excluding tert-OH is 1. The minimum absolute atomic E-state index is 0.0324. The molecule has 0 spiro atoms. The summed E-state index contributed by atoms with van der Waals surface area (Å²) in [6.45, 7) is 4.25. The molecular formula is C15H21BrFNO3. The average molecular weight is 362 g/mol. The maximum atomic E-state index is 12.9. The highest BCUT2D eigenvalue weighted by Crippen LogP contribution is 2.26. The maximum Gasteiger partial charge on any atom is 0.257 e. The topological polar surface area (TPSA) is 58.6 Å². The highest BCUT2D eigenvalue weighted by Gasteiger charge is 2.25. The van der Waals surface area contributed by atoms with E-state index in [2.05, 4.69) is 21.2 Å². The van der Waals surface area contributed by atoms with Gasteiger partial charge < -0.3 is 15.2 Å².